The van der Waals surface area contributed by atoms with Crippen molar-refractivity contribution >= 4 is 75.9 Å². The number of benzene rings is 6. The Balaban J connectivity index is 1.44. The number of halogens is 6. The van der Waals surface area contributed by atoms with Crippen molar-refractivity contribution in [2.24, 2.45) is 20.5 Å². The molecule has 0 bridgehead atoms. The largest absolute Gasteiger partial charge is 0.418 e. The summed E-state index contributed by atoms with van der Waals surface area (Å²) < 4.78 is 154. The van der Waals surface area contributed by atoms with Crippen molar-refractivity contribution in [3.05, 3.63) is 108 Å². The Hall–Kier alpha value is -5.96. The van der Waals surface area contributed by atoms with E-state index in [1.807, 2.05) is 0 Å². The zero-order valence-electron chi connectivity index (χ0n) is 26.8. The van der Waals surface area contributed by atoms with E-state index in [-0.39, 0.29) is 44.0 Å². The molecule has 0 aliphatic heterocycles. The van der Waals surface area contributed by atoms with Crippen LogP contribution in [0.3, 0.4) is 0 Å². The first-order valence-electron chi connectivity index (χ1n) is 15.0. The number of hydrogen-bond acceptors (Lipinski definition) is 10. The summed E-state index contributed by atoms with van der Waals surface area (Å²) in [7, 11) is -10.00. The molecule has 20 heteroatoms. The molecular weight excluding hydrogens is 767 g/mol. The number of nitrogens with zero attached hydrogens (tertiary/aromatic N) is 4. The fraction of sp³-hybridized carbons (Fsp3) is 0.0588. The zero-order chi connectivity index (χ0) is 39.4. The lowest BCUT2D eigenvalue weighted by atomic mass is 9.99. The van der Waals surface area contributed by atoms with Crippen LogP contribution in [0.2, 0.25) is 0 Å². The SMILES string of the molecule is Nc1c(N=Nc2ccc(-c3ccc(N=Nc4c(S(=O)(=O)O)cc5ccccc5c4N)c(C(F)(F)F)c3)cc2C(F)(F)F)c(S(=O)(=O)O)cc2ccccc12. The van der Waals surface area contributed by atoms with Crippen molar-refractivity contribution in [1.29, 1.82) is 0 Å². The third-order valence-electron chi connectivity index (χ3n) is 8.06. The van der Waals surface area contributed by atoms with Gasteiger partial charge in [-0.1, -0.05) is 60.7 Å². The minimum absolute atomic E-state index is 0.258. The zero-order valence-corrected chi connectivity index (χ0v) is 28.4. The predicted molar refractivity (Wildman–Crippen MR) is 187 cm³/mol. The van der Waals surface area contributed by atoms with Gasteiger partial charge in [0.25, 0.3) is 20.2 Å². The molecule has 278 valence electrons. The minimum Gasteiger partial charge on any atom is -0.396 e. The van der Waals surface area contributed by atoms with E-state index in [0.29, 0.717) is 12.1 Å². The molecule has 0 fully saturated rings. The standard InChI is InChI=1S/C34H22F6N6O6S2/c35-33(36,37)23-13-17(9-11-25(23)43-45-31-27(53(47,48)49)15-19-5-1-3-7-21(19)29(31)41)18-10-12-26(24(14-18)34(38,39)40)44-46-32-28(54(50,51)52)16-20-6-2-4-8-22(20)30(32)42/h1-16H,41-42H2,(H,47,48,49)(H,50,51,52). The van der Waals surface area contributed by atoms with Gasteiger partial charge in [-0.25, -0.2) is 0 Å². The number of rotatable bonds is 7. The Morgan fingerprint density at radius 3 is 1.19 bits per heavy atom. The summed E-state index contributed by atoms with van der Waals surface area (Å²) in [6.07, 6.45) is -10.3. The van der Waals surface area contributed by atoms with Gasteiger partial charge in [-0.15, -0.1) is 20.5 Å². The van der Waals surface area contributed by atoms with Gasteiger partial charge in [0.15, 0.2) is 0 Å². The maximum atomic E-state index is 14.3. The van der Waals surface area contributed by atoms with Crippen LogP contribution in [0.25, 0.3) is 32.7 Å². The first-order chi connectivity index (χ1) is 25.1. The second-order valence-electron chi connectivity index (χ2n) is 11.5. The highest BCUT2D eigenvalue weighted by Crippen LogP contribution is 2.45. The molecule has 6 rings (SSSR count). The Morgan fingerprint density at radius 2 is 0.852 bits per heavy atom. The van der Waals surface area contributed by atoms with Gasteiger partial charge >= 0.3 is 12.4 Å². The van der Waals surface area contributed by atoms with Crippen LogP contribution in [0.1, 0.15) is 11.1 Å². The summed E-state index contributed by atoms with van der Waals surface area (Å²) in [6.45, 7) is 0. The summed E-state index contributed by atoms with van der Waals surface area (Å²) >= 11 is 0. The first kappa shape index (κ1) is 37.8. The average Bonchev–Trinajstić information content (AvgIpc) is 3.09. The number of alkyl halides is 6. The summed E-state index contributed by atoms with van der Waals surface area (Å²) in [6, 6.07) is 18.7. The molecule has 0 heterocycles. The number of azo groups is 2. The van der Waals surface area contributed by atoms with E-state index >= 15 is 0 Å². The van der Waals surface area contributed by atoms with Gasteiger partial charge in [0.05, 0.1) is 33.9 Å². The molecule has 12 nitrogen and oxygen atoms in total. The van der Waals surface area contributed by atoms with Crippen LogP contribution in [-0.2, 0) is 32.6 Å². The number of nitrogen functional groups attached to an aromatic ring is 2. The lowest BCUT2D eigenvalue weighted by Crippen LogP contribution is -2.07. The fourth-order valence-corrected chi connectivity index (χ4v) is 6.89. The molecule has 0 radical (unpaired) electrons. The van der Waals surface area contributed by atoms with Crippen LogP contribution in [0, 0.1) is 0 Å². The molecule has 0 aromatic heterocycles. The van der Waals surface area contributed by atoms with E-state index in [2.05, 4.69) is 20.5 Å². The van der Waals surface area contributed by atoms with Gasteiger partial charge in [-0.3, -0.25) is 9.11 Å². The average molecular weight is 789 g/mol. The van der Waals surface area contributed by atoms with E-state index in [0.717, 1.165) is 36.4 Å². The van der Waals surface area contributed by atoms with Crippen LogP contribution in [0.4, 0.5) is 60.5 Å². The van der Waals surface area contributed by atoms with Crippen molar-refractivity contribution in [2.45, 2.75) is 22.1 Å². The highest BCUT2D eigenvalue weighted by Gasteiger charge is 2.36. The summed E-state index contributed by atoms with van der Waals surface area (Å²) in [5, 5.41) is 15.5. The van der Waals surface area contributed by atoms with Gasteiger partial charge in [-0.05, 0) is 58.3 Å². The molecule has 6 aromatic rings. The van der Waals surface area contributed by atoms with E-state index in [1.165, 1.54) is 24.3 Å². The van der Waals surface area contributed by atoms with E-state index < -0.39 is 76.3 Å². The quantitative estimate of drug-likeness (QED) is 0.0528. The first-order valence-corrected chi connectivity index (χ1v) is 17.9. The van der Waals surface area contributed by atoms with Crippen LogP contribution in [0.15, 0.2) is 127 Å². The van der Waals surface area contributed by atoms with Gasteiger partial charge < -0.3 is 11.5 Å². The van der Waals surface area contributed by atoms with Crippen molar-refractivity contribution in [1.82, 2.24) is 0 Å². The Bertz CT molecular complexity index is 2600. The highest BCUT2D eigenvalue weighted by molar-refractivity contribution is 7.86. The van der Waals surface area contributed by atoms with Crippen LogP contribution in [0.5, 0.6) is 0 Å². The number of hydrogen-bond donors (Lipinski definition) is 4. The molecule has 0 saturated heterocycles. The third-order valence-corrected chi connectivity index (χ3v) is 9.79. The summed E-state index contributed by atoms with van der Waals surface area (Å²) in [4.78, 5) is -1.66. The number of nitrogens with two attached hydrogens (primary N) is 2. The maximum absolute atomic E-state index is 14.3. The molecule has 0 saturated carbocycles. The minimum atomic E-state index is -5.16. The van der Waals surface area contributed by atoms with Crippen molar-refractivity contribution in [3.63, 3.8) is 0 Å². The van der Waals surface area contributed by atoms with Gasteiger partial charge in [0.1, 0.15) is 21.2 Å². The molecule has 0 amide bonds. The Labute approximate surface area is 301 Å². The fourth-order valence-electron chi connectivity index (χ4n) is 5.54. The molecule has 6 N–H and O–H groups in total. The summed E-state index contributed by atoms with van der Waals surface area (Å²) in [5.41, 5.74) is 4.79. The van der Waals surface area contributed by atoms with Crippen LogP contribution in [-0.4, -0.2) is 25.9 Å². The van der Waals surface area contributed by atoms with Gasteiger partial charge in [0.2, 0.25) is 0 Å². The monoisotopic (exact) mass is 788 g/mol. The molecule has 0 spiro atoms. The Kier molecular flexibility index (Phi) is 9.42. The molecule has 0 atom stereocenters. The van der Waals surface area contributed by atoms with E-state index in [1.54, 1.807) is 24.3 Å². The Morgan fingerprint density at radius 1 is 0.500 bits per heavy atom. The maximum Gasteiger partial charge on any atom is 0.418 e. The molecule has 6 aromatic carbocycles. The predicted octanol–water partition coefficient (Wildman–Crippen LogP) is 10.2. The normalized spacial score (nSPS) is 13.1. The molecule has 0 aliphatic rings. The van der Waals surface area contributed by atoms with Gasteiger partial charge in [-0.2, -0.15) is 43.2 Å². The lowest BCUT2D eigenvalue weighted by molar-refractivity contribution is -0.138. The molecule has 0 aliphatic carbocycles. The second kappa shape index (κ2) is 13.5. The van der Waals surface area contributed by atoms with Crippen molar-refractivity contribution in [2.75, 3.05) is 11.5 Å². The van der Waals surface area contributed by atoms with E-state index in [4.69, 9.17) is 11.5 Å². The number of fused-ring (bicyclic) bond motifs is 2. The second-order valence-corrected chi connectivity index (χ2v) is 14.3. The summed E-state index contributed by atoms with van der Waals surface area (Å²) in [5.74, 6) is 0. The third kappa shape index (κ3) is 7.44. The smallest absolute Gasteiger partial charge is 0.396 e. The lowest BCUT2D eigenvalue weighted by Gasteiger charge is -2.15. The van der Waals surface area contributed by atoms with E-state index in [9.17, 15) is 52.3 Å². The molecule has 0 unspecified atom stereocenters. The molecular formula is C34H22F6N6O6S2. The van der Waals surface area contributed by atoms with Crippen molar-refractivity contribution < 1.29 is 52.3 Å². The van der Waals surface area contributed by atoms with Crippen molar-refractivity contribution in [3.8, 4) is 11.1 Å². The van der Waals surface area contributed by atoms with Gasteiger partial charge in [0, 0.05) is 10.8 Å². The highest BCUT2D eigenvalue weighted by atomic mass is 32.2. The molecule has 54 heavy (non-hydrogen) atoms. The topological polar surface area (TPSA) is 210 Å². The van der Waals surface area contributed by atoms with Crippen LogP contribution >= 0.6 is 0 Å². The number of anilines is 2. The van der Waals surface area contributed by atoms with Crippen LogP contribution < -0.4 is 11.5 Å².